The van der Waals surface area contributed by atoms with Crippen LogP contribution in [0.5, 0.6) is 5.75 Å². The number of carbonyl (C=O) groups is 1. The summed E-state index contributed by atoms with van der Waals surface area (Å²) in [7, 11) is 1.78. The average Bonchev–Trinajstić information content (AvgIpc) is 3.20. The van der Waals surface area contributed by atoms with Crippen molar-refractivity contribution in [1.29, 1.82) is 0 Å². The molecule has 7 heteroatoms. The molecule has 1 fully saturated rings. The topological polar surface area (TPSA) is 59.7 Å². The molecule has 0 N–H and O–H groups in total. The minimum atomic E-state index is -0.0440. The van der Waals surface area contributed by atoms with Gasteiger partial charge in [0.1, 0.15) is 5.75 Å². The number of thioether (sulfide) groups is 1. The maximum absolute atomic E-state index is 12.9. The number of ether oxygens (including phenoxy) is 1. The molecule has 1 aliphatic rings. The number of aryl methyl sites for hydroxylation is 3. The second-order valence-electron chi connectivity index (χ2n) is 12.9. The summed E-state index contributed by atoms with van der Waals surface area (Å²) in [5, 5.41) is 5.60. The van der Waals surface area contributed by atoms with Gasteiger partial charge in [-0.2, -0.15) is 5.10 Å². The van der Waals surface area contributed by atoms with Crippen molar-refractivity contribution < 1.29 is 9.53 Å². The Morgan fingerprint density at radius 2 is 1.64 bits per heavy atom. The summed E-state index contributed by atoms with van der Waals surface area (Å²) in [4.78, 5) is 19.9. The van der Waals surface area contributed by atoms with Gasteiger partial charge in [-0.25, -0.2) is 0 Å². The van der Waals surface area contributed by atoms with Crippen LogP contribution in [0.1, 0.15) is 95.8 Å². The van der Waals surface area contributed by atoms with E-state index in [-0.39, 0.29) is 16.7 Å². The van der Waals surface area contributed by atoms with E-state index in [0.29, 0.717) is 18.9 Å². The molecular weight excluding hydrogens is 504 g/mol. The molecule has 0 unspecified atom stereocenters. The summed E-state index contributed by atoms with van der Waals surface area (Å²) < 4.78 is 7.92. The van der Waals surface area contributed by atoms with E-state index >= 15 is 0 Å². The number of aromatic nitrogens is 2. The fraction of sp³-hybridized carbons (Fsp3) is 0.656. The van der Waals surface area contributed by atoms with Crippen molar-refractivity contribution in [2.24, 2.45) is 10.9 Å². The summed E-state index contributed by atoms with van der Waals surface area (Å²) in [5.41, 5.74) is 5.67. The van der Waals surface area contributed by atoms with E-state index in [9.17, 15) is 4.79 Å². The highest BCUT2D eigenvalue weighted by Crippen LogP contribution is 2.41. The Bertz CT molecular complexity index is 1130. The summed E-state index contributed by atoms with van der Waals surface area (Å²) in [5.74, 6) is 2.84. The van der Waals surface area contributed by atoms with Crippen LogP contribution in [0.25, 0.3) is 0 Å². The third-order valence-electron chi connectivity index (χ3n) is 7.52. The van der Waals surface area contributed by atoms with Gasteiger partial charge < -0.3 is 9.64 Å². The fourth-order valence-electron chi connectivity index (χ4n) is 5.26. The maximum Gasteiger partial charge on any atom is 0.224 e. The quantitative estimate of drug-likeness (QED) is 0.262. The highest BCUT2D eigenvalue weighted by molar-refractivity contribution is 8.14. The van der Waals surface area contributed by atoms with Crippen LogP contribution in [0.2, 0.25) is 0 Å². The second kappa shape index (κ2) is 12.9. The number of rotatable bonds is 8. The fourth-order valence-corrected chi connectivity index (χ4v) is 6.49. The van der Waals surface area contributed by atoms with Crippen molar-refractivity contribution in [3.8, 4) is 5.75 Å². The third-order valence-corrected chi connectivity index (χ3v) is 8.80. The molecule has 1 aromatic carbocycles. The lowest BCUT2D eigenvalue weighted by atomic mass is 9.78. The van der Waals surface area contributed by atoms with Crippen molar-refractivity contribution in [2.75, 3.05) is 32.5 Å². The van der Waals surface area contributed by atoms with Crippen molar-refractivity contribution >= 4 is 22.7 Å². The molecule has 0 aliphatic carbocycles. The van der Waals surface area contributed by atoms with Gasteiger partial charge in [0.05, 0.1) is 17.8 Å². The normalized spacial score (nSPS) is 15.6. The van der Waals surface area contributed by atoms with Crippen LogP contribution in [0.4, 0.5) is 0 Å². The number of carbonyl (C=O) groups excluding carboxylic acids is 1. The van der Waals surface area contributed by atoms with Crippen LogP contribution in [-0.2, 0) is 22.2 Å². The second-order valence-corrected chi connectivity index (χ2v) is 13.9. The number of aliphatic imine (C=N–C) groups is 1. The largest absolute Gasteiger partial charge is 0.496 e. The lowest BCUT2D eigenvalue weighted by molar-refractivity contribution is -0.132. The van der Waals surface area contributed by atoms with Crippen molar-refractivity contribution in [3.63, 3.8) is 0 Å². The van der Waals surface area contributed by atoms with Gasteiger partial charge in [-0.1, -0.05) is 41.5 Å². The van der Waals surface area contributed by atoms with Crippen LogP contribution >= 0.6 is 11.8 Å². The van der Waals surface area contributed by atoms with Crippen molar-refractivity contribution in [3.05, 3.63) is 46.3 Å². The van der Waals surface area contributed by atoms with Gasteiger partial charge in [0.2, 0.25) is 5.91 Å². The molecular formula is C32H50N4O2S. The standard InChI is InChI=1S/C32H50N4O2S/c1-11-33-30(25-19-26(31(4,5)6)29(38-10)27(20-25)32(7,8)9)39-21-24-12-15-35(16-13-24)28(37)14-17-36-23(3)18-22(2)34-36/h18-20,24H,11-17,21H2,1-10H3. The monoisotopic (exact) mass is 554 g/mol. The molecule has 2 heterocycles. The zero-order valence-corrected chi connectivity index (χ0v) is 26.8. The zero-order chi connectivity index (χ0) is 29.0. The molecule has 0 saturated carbocycles. The first-order valence-corrected chi connectivity index (χ1v) is 15.4. The number of nitrogens with zero attached hydrogens (tertiary/aromatic N) is 4. The van der Waals surface area contributed by atoms with E-state index in [1.165, 1.54) is 16.7 Å². The first-order chi connectivity index (χ1) is 18.2. The van der Waals surface area contributed by atoms with Crippen molar-refractivity contribution in [1.82, 2.24) is 14.7 Å². The van der Waals surface area contributed by atoms with E-state index < -0.39 is 0 Å². The molecule has 0 radical (unpaired) electrons. The molecule has 0 spiro atoms. The minimum absolute atomic E-state index is 0.0440. The lowest BCUT2D eigenvalue weighted by Crippen LogP contribution is -2.39. The molecule has 1 aromatic heterocycles. The van der Waals surface area contributed by atoms with Crippen LogP contribution in [0.15, 0.2) is 23.2 Å². The van der Waals surface area contributed by atoms with E-state index in [2.05, 4.69) is 71.8 Å². The Balaban J connectivity index is 1.66. The molecule has 1 saturated heterocycles. The molecule has 2 aromatic rings. The third kappa shape index (κ3) is 8.12. The highest BCUT2D eigenvalue weighted by Gasteiger charge is 2.29. The van der Waals surface area contributed by atoms with Crippen molar-refractivity contribution in [2.45, 2.75) is 99.0 Å². The van der Waals surface area contributed by atoms with E-state index in [1.54, 1.807) is 7.11 Å². The number of likely N-dealkylation sites (tertiary alicyclic amines) is 1. The van der Waals surface area contributed by atoms with Gasteiger partial charge >= 0.3 is 0 Å². The molecule has 1 aliphatic heterocycles. The maximum atomic E-state index is 12.9. The number of hydrogen-bond donors (Lipinski definition) is 0. The average molecular weight is 555 g/mol. The highest BCUT2D eigenvalue weighted by atomic mass is 32.2. The zero-order valence-electron chi connectivity index (χ0n) is 26.0. The number of amides is 1. The molecule has 3 rings (SSSR count). The number of methoxy groups -OCH3 is 1. The Hall–Kier alpha value is -2.28. The van der Waals surface area contributed by atoms with Crippen LogP contribution in [-0.4, -0.2) is 58.1 Å². The first kappa shape index (κ1) is 31.3. The first-order valence-electron chi connectivity index (χ1n) is 14.4. The van der Waals surface area contributed by atoms with Gasteiger partial charge in [-0.3, -0.25) is 14.5 Å². The Kier molecular flexibility index (Phi) is 10.4. The van der Waals surface area contributed by atoms with Gasteiger partial charge in [0.15, 0.2) is 0 Å². The number of benzene rings is 1. The predicted molar refractivity (Wildman–Crippen MR) is 166 cm³/mol. The number of piperidine rings is 1. The van der Waals surface area contributed by atoms with E-state index in [0.717, 1.165) is 60.4 Å². The van der Waals surface area contributed by atoms with Crippen LogP contribution < -0.4 is 4.74 Å². The van der Waals surface area contributed by atoms with Crippen LogP contribution in [0.3, 0.4) is 0 Å². The van der Waals surface area contributed by atoms with Crippen LogP contribution in [0, 0.1) is 19.8 Å². The molecule has 0 atom stereocenters. The predicted octanol–water partition coefficient (Wildman–Crippen LogP) is 6.93. The smallest absolute Gasteiger partial charge is 0.224 e. The van der Waals surface area contributed by atoms with Gasteiger partial charge in [0.25, 0.3) is 0 Å². The Morgan fingerprint density at radius 3 is 2.10 bits per heavy atom. The van der Waals surface area contributed by atoms with Gasteiger partial charge in [-0.15, -0.1) is 11.8 Å². The molecule has 39 heavy (non-hydrogen) atoms. The summed E-state index contributed by atoms with van der Waals surface area (Å²) in [6, 6.07) is 6.64. The molecule has 0 bridgehead atoms. The van der Waals surface area contributed by atoms with Gasteiger partial charge in [-0.05, 0) is 68.6 Å². The molecule has 216 valence electrons. The van der Waals surface area contributed by atoms with Gasteiger partial charge in [0, 0.05) is 60.7 Å². The van der Waals surface area contributed by atoms with E-state index in [1.807, 2.05) is 35.2 Å². The minimum Gasteiger partial charge on any atom is -0.496 e. The summed E-state index contributed by atoms with van der Waals surface area (Å²) in [6.07, 6.45) is 2.60. The molecule has 6 nitrogen and oxygen atoms in total. The summed E-state index contributed by atoms with van der Waals surface area (Å²) >= 11 is 1.87. The molecule has 1 amide bonds. The SMILES string of the molecule is CCN=C(SCC1CCN(C(=O)CCn2nc(C)cc2C)CC1)c1cc(C(C)(C)C)c(OC)c(C(C)(C)C)c1. The van der Waals surface area contributed by atoms with E-state index in [4.69, 9.17) is 9.73 Å². The number of hydrogen-bond acceptors (Lipinski definition) is 5. The Morgan fingerprint density at radius 1 is 1.05 bits per heavy atom. The Labute approximate surface area is 241 Å². The lowest BCUT2D eigenvalue weighted by Gasteiger charge is -2.32. The summed E-state index contributed by atoms with van der Waals surface area (Å²) in [6.45, 7) is 22.7.